The average Bonchev–Trinajstić information content (AvgIpc) is 2.73. The van der Waals surface area contributed by atoms with Crippen molar-refractivity contribution >= 4 is 5.91 Å². The van der Waals surface area contributed by atoms with Crippen molar-refractivity contribution in [3.05, 3.63) is 65.2 Å². The van der Waals surface area contributed by atoms with Crippen molar-refractivity contribution in [2.24, 2.45) is 0 Å². The molecule has 3 rings (SSSR count). The lowest BCUT2D eigenvalue weighted by Crippen LogP contribution is -3.14. The summed E-state index contributed by atoms with van der Waals surface area (Å²) in [5.74, 6) is 0.621. The third kappa shape index (κ3) is 6.08. The van der Waals surface area contributed by atoms with E-state index in [1.165, 1.54) is 16.0 Å². The van der Waals surface area contributed by atoms with Gasteiger partial charge in [0.2, 0.25) is 0 Å². The Hall–Kier alpha value is -2.37. The Morgan fingerprint density at radius 2 is 1.79 bits per heavy atom. The van der Waals surface area contributed by atoms with Gasteiger partial charge in [-0.2, -0.15) is 0 Å². The molecule has 0 spiro atoms. The van der Waals surface area contributed by atoms with E-state index in [4.69, 9.17) is 9.47 Å². The Morgan fingerprint density at radius 1 is 1.11 bits per heavy atom. The van der Waals surface area contributed by atoms with Crippen LogP contribution >= 0.6 is 0 Å². The van der Waals surface area contributed by atoms with Crippen LogP contribution in [-0.4, -0.2) is 45.4 Å². The summed E-state index contributed by atoms with van der Waals surface area (Å²) in [6.07, 6.45) is 0.989. The van der Waals surface area contributed by atoms with Gasteiger partial charge in [-0.3, -0.25) is 4.79 Å². The third-order valence-corrected chi connectivity index (χ3v) is 5.21. The summed E-state index contributed by atoms with van der Waals surface area (Å²) in [6, 6.07) is 16.3. The van der Waals surface area contributed by atoms with Crippen LogP contribution in [0.25, 0.3) is 0 Å². The zero-order chi connectivity index (χ0) is 19.8. The standard InChI is InChI=1S/C23H30N2O3/c1-3-19-6-10-21(11-7-19)28-17-23(26)24-22(16-25-12-14-27-15-13-25)20-8-4-18(2)5-9-20/h4-11,22H,3,12-17H2,1-2H3,(H,24,26)/p+1/t22-/m0/s1. The van der Waals surface area contributed by atoms with Crippen molar-refractivity contribution in [3.63, 3.8) is 0 Å². The molecule has 0 unspecified atom stereocenters. The Labute approximate surface area is 167 Å². The molecule has 0 bridgehead atoms. The number of carbonyl (C=O) groups is 1. The average molecular weight is 384 g/mol. The predicted molar refractivity (Wildman–Crippen MR) is 110 cm³/mol. The number of rotatable bonds is 8. The second-order valence-corrected chi connectivity index (χ2v) is 7.38. The molecule has 2 N–H and O–H groups in total. The number of carbonyl (C=O) groups excluding carboxylic acids is 1. The van der Waals surface area contributed by atoms with Gasteiger partial charge in [-0.25, -0.2) is 0 Å². The van der Waals surface area contributed by atoms with Crippen molar-refractivity contribution in [2.75, 3.05) is 39.5 Å². The topological polar surface area (TPSA) is 52.0 Å². The molecule has 0 saturated carbocycles. The molecule has 0 aliphatic carbocycles. The van der Waals surface area contributed by atoms with Gasteiger partial charge in [0.05, 0.1) is 13.2 Å². The zero-order valence-corrected chi connectivity index (χ0v) is 16.9. The Balaban J connectivity index is 1.60. The van der Waals surface area contributed by atoms with Gasteiger partial charge < -0.3 is 19.7 Å². The first-order valence-corrected chi connectivity index (χ1v) is 10.1. The monoisotopic (exact) mass is 383 g/mol. The summed E-state index contributed by atoms with van der Waals surface area (Å²) in [5.41, 5.74) is 3.60. The smallest absolute Gasteiger partial charge is 0.258 e. The Kier molecular flexibility index (Phi) is 7.46. The lowest BCUT2D eigenvalue weighted by molar-refractivity contribution is -0.909. The van der Waals surface area contributed by atoms with E-state index < -0.39 is 0 Å². The molecule has 1 amide bonds. The second kappa shape index (κ2) is 10.2. The van der Waals surface area contributed by atoms with Crippen LogP contribution in [0.15, 0.2) is 48.5 Å². The first-order valence-electron chi connectivity index (χ1n) is 10.1. The van der Waals surface area contributed by atoms with E-state index in [1.54, 1.807) is 0 Å². The first kappa shape index (κ1) is 20.4. The fraction of sp³-hybridized carbons (Fsp3) is 0.435. The van der Waals surface area contributed by atoms with Crippen molar-refractivity contribution in [1.82, 2.24) is 5.32 Å². The molecule has 5 nitrogen and oxygen atoms in total. The Morgan fingerprint density at radius 3 is 2.43 bits per heavy atom. The van der Waals surface area contributed by atoms with E-state index in [0.717, 1.165) is 50.6 Å². The van der Waals surface area contributed by atoms with Gasteiger partial charge in [0.25, 0.3) is 5.91 Å². The van der Waals surface area contributed by atoms with Crippen LogP contribution in [-0.2, 0) is 16.0 Å². The minimum atomic E-state index is -0.0993. The van der Waals surface area contributed by atoms with Crippen molar-refractivity contribution in [3.8, 4) is 5.75 Å². The second-order valence-electron chi connectivity index (χ2n) is 7.38. The quantitative estimate of drug-likeness (QED) is 0.730. The molecule has 2 aromatic rings. The molecular formula is C23H31N2O3+. The summed E-state index contributed by atoms with van der Waals surface area (Å²) in [5, 5.41) is 3.17. The normalized spacial score (nSPS) is 15.8. The summed E-state index contributed by atoms with van der Waals surface area (Å²) < 4.78 is 11.1. The molecule has 28 heavy (non-hydrogen) atoms. The largest absolute Gasteiger partial charge is 0.484 e. The Bertz CT molecular complexity index is 737. The first-order chi connectivity index (χ1) is 13.6. The molecule has 0 radical (unpaired) electrons. The minimum absolute atomic E-state index is 0.0201. The summed E-state index contributed by atoms with van der Waals surface area (Å²) in [6.45, 7) is 8.56. The maximum absolute atomic E-state index is 12.6. The third-order valence-electron chi connectivity index (χ3n) is 5.21. The van der Waals surface area contributed by atoms with E-state index in [0.29, 0.717) is 0 Å². The van der Waals surface area contributed by atoms with E-state index in [-0.39, 0.29) is 18.6 Å². The van der Waals surface area contributed by atoms with Crippen molar-refractivity contribution in [2.45, 2.75) is 26.3 Å². The van der Waals surface area contributed by atoms with Gasteiger partial charge in [0.15, 0.2) is 6.61 Å². The number of ether oxygens (including phenoxy) is 2. The maximum Gasteiger partial charge on any atom is 0.258 e. The molecule has 0 aromatic heterocycles. The van der Waals surface area contributed by atoms with E-state index in [9.17, 15) is 4.79 Å². The molecule has 150 valence electrons. The van der Waals surface area contributed by atoms with E-state index in [1.807, 2.05) is 24.3 Å². The van der Waals surface area contributed by atoms with Gasteiger partial charge in [-0.05, 0) is 36.6 Å². The molecular weight excluding hydrogens is 352 g/mol. The highest BCUT2D eigenvalue weighted by molar-refractivity contribution is 5.78. The highest BCUT2D eigenvalue weighted by Crippen LogP contribution is 2.14. The number of morpholine rings is 1. The number of quaternary nitrogens is 1. The molecule has 1 heterocycles. The molecule has 1 fully saturated rings. The van der Waals surface area contributed by atoms with Crippen LogP contribution in [0, 0.1) is 6.92 Å². The highest BCUT2D eigenvalue weighted by atomic mass is 16.5. The number of benzene rings is 2. The minimum Gasteiger partial charge on any atom is -0.484 e. The van der Waals surface area contributed by atoms with Crippen LogP contribution in [0.2, 0.25) is 0 Å². The SMILES string of the molecule is CCc1ccc(OCC(=O)N[C@@H](C[NH+]2CCOCC2)c2ccc(C)cc2)cc1. The van der Waals surface area contributed by atoms with Gasteiger partial charge in [0.1, 0.15) is 31.4 Å². The molecule has 1 atom stereocenters. The van der Waals surface area contributed by atoms with Gasteiger partial charge in [-0.15, -0.1) is 0 Å². The number of aryl methyl sites for hydroxylation is 2. The predicted octanol–water partition coefficient (Wildman–Crippen LogP) is 1.71. The van der Waals surface area contributed by atoms with Gasteiger partial charge in [-0.1, -0.05) is 48.9 Å². The number of nitrogens with one attached hydrogen (secondary N) is 2. The van der Waals surface area contributed by atoms with Crippen molar-refractivity contribution in [1.29, 1.82) is 0 Å². The summed E-state index contributed by atoms with van der Waals surface area (Å²) >= 11 is 0. The van der Waals surface area contributed by atoms with Crippen molar-refractivity contribution < 1.29 is 19.2 Å². The van der Waals surface area contributed by atoms with Gasteiger partial charge in [0, 0.05) is 0 Å². The van der Waals surface area contributed by atoms with E-state index in [2.05, 4.69) is 43.4 Å². The number of amides is 1. The van der Waals surface area contributed by atoms with Crippen LogP contribution < -0.4 is 15.0 Å². The molecule has 2 aromatic carbocycles. The van der Waals surface area contributed by atoms with Crippen LogP contribution in [0.1, 0.15) is 29.7 Å². The molecule has 1 saturated heterocycles. The van der Waals surface area contributed by atoms with Gasteiger partial charge >= 0.3 is 0 Å². The molecule has 1 aliphatic rings. The lowest BCUT2D eigenvalue weighted by atomic mass is 10.0. The van der Waals surface area contributed by atoms with Crippen LogP contribution in [0.5, 0.6) is 5.75 Å². The molecule has 5 heteroatoms. The van der Waals surface area contributed by atoms with E-state index >= 15 is 0 Å². The molecule has 1 aliphatic heterocycles. The number of hydrogen-bond acceptors (Lipinski definition) is 3. The highest BCUT2D eigenvalue weighted by Gasteiger charge is 2.23. The zero-order valence-electron chi connectivity index (χ0n) is 16.9. The fourth-order valence-corrected chi connectivity index (χ4v) is 3.41. The lowest BCUT2D eigenvalue weighted by Gasteiger charge is -2.28. The summed E-state index contributed by atoms with van der Waals surface area (Å²) in [7, 11) is 0. The van der Waals surface area contributed by atoms with Crippen LogP contribution in [0.3, 0.4) is 0 Å². The fourth-order valence-electron chi connectivity index (χ4n) is 3.41. The maximum atomic E-state index is 12.6. The summed E-state index contributed by atoms with van der Waals surface area (Å²) in [4.78, 5) is 14.0. The van der Waals surface area contributed by atoms with Crippen LogP contribution in [0.4, 0.5) is 0 Å². The number of hydrogen-bond donors (Lipinski definition) is 2.